The van der Waals surface area contributed by atoms with Crippen molar-refractivity contribution in [3.05, 3.63) is 24.0 Å². The van der Waals surface area contributed by atoms with Crippen LogP contribution in [0.15, 0.2) is 18.5 Å². The van der Waals surface area contributed by atoms with Gasteiger partial charge in [0.15, 0.2) is 0 Å². The van der Waals surface area contributed by atoms with Gasteiger partial charge in [-0.05, 0) is 37.4 Å². The number of unbranched alkanes of at least 4 members (excludes halogenated alkanes) is 2. The number of nitrogens with one attached hydrogen (secondary N) is 2. The number of rotatable bonds is 7. The van der Waals surface area contributed by atoms with Crippen molar-refractivity contribution >= 4 is 0 Å². The van der Waals surface area contributed by atoms with Gasteiger partial charge in [0.05, 0.1) is 0 Å². The topological polar surface area (TPSA) is 48.0 Å². The third-order valence-electron chi connectivity index (χ3n) is 2.00. The van der Waals surface area contributed by atoms with Gasteiger partial charge in [-0.3, -0.25) is 0 Å². The third-order valence-corrected chi connectivity index (χ3v) is 2.00. The van der Waals surface area contributed by atoms with Crippen molar-refractivity contribution in [2.45, 2.75) is 25.8 Å². The Balaban J connectivity index is 1.90. The molecule has 0 aliphatic carbocycles. The summed E-state index contributed by atoms with van der Waals surface area (Å²) in [6, 6.07) is 2.07. The molecule has 0 fully saturated rings. The number of H-pyrrole nitrogens is 1. The van der Waals surface area contributed by atoms with E-state index in [9.17, 15) is 0 Å². The molecule has 1 aromatic heterocycles. The summed E-state index contributed by atoms with van der Waals surface area (Å²) >= 11 is 0. The Morgan fingerprint density at radius 2 is 2.23 bits per heavy atom. The van der Waals surface area contributed by atoms with Crippen molar-refractivity contribution in [2.24, 2.45) is 0 Å². The number of aromatic nitrogens is 1. The van der Waals surface area contributed by atoms with E-state index in [0.717, 1.165) is 32.4 Å². The highest BCUT2D eigenvalue weighted by molar-refractivity contribution is 5.07. The van der Waals surface area contributed by atoms with E-state index in [1.54, 1.807) is 0 Å². The smallest absolute Gasteiger partial charge is 0.0431 e. The zero-order chi connectivity index (χ0) is 9.36. The Bertz CT molecular complexity index is 197. The lowest BCUT2D eigenvalue weighted by Crippen LogP contribution is -2.14. The summed E-state index contributed by atoms with van der Waals surface area (Å²) in [6.07, 6.45) is 7.11. The molecule has 1 aromatic rings. The van der Waals surface area contributed by atoms with Crippen LogP contribution in [0.5, 0.6) is 0 Å². The second kappa shape index (κ2) is 6.69. The van der Waals surface area contributed by atoms with Crippen LogP contribution in [-0.2, 0) is 6.54 Å². The first-order chi connectivity index (χ1) is 6.43. The molecule has 0 amide bonds. The number of hydrogen-bond acceptors (Lipinski definition) is 2. The largest absolute Gasteiger partial charge is 0.396 e. The minimum atomic E-state index is 0.317. The van der Waals surface area contributed by atoms with Crippen molar-refractivity contribution < 1.29 is 5.11 Å². The van der Waals surface area contributed by atoms with Gasteiger partial charge in [0.1, 0.15) is 0 Å². The number of aromatic amines is 1. The van der Waals surface area contributed by atoms with E-state index in [1.165, 1.54) is 5.56 Å². The van der Waals surface area contributed by atoms with Gasteiger partial charge in [-0.1, -0.05) is 0 Å². The molecule has 0 aliphatic rings. The molecule has 0 saturated carbocycles. The quantitative estimate of drug-likeness (QED) is 0.556. The highest BCUT2D eigenvalue weighted by Crippen LogP contribution is 1.96. The summed E-state index contributed by atoms with van der Waals surface area (Å²) in [5.41, 5.74) is 1.29. The van der Waals surface area contributed by atoms with Crippen LogP contribution in [0, 0.1) is 0 Å². The maximum Gasteiger partial charge on any atom is 0.0431 e. The Labute approximate surface area is 79.2 Å². The molecule has 3 heteroatoms. The van der Waals surface area contributed by atoms with Crippen LogP contribution in [0.25, 0.3) is 0 Å². The summed E-state index contributed by atoms with van der Waals surface area (Å²) in [7, 11) is 0. The van der Waals surface area contributed by atoms with E-state index in [4.69, 9.17) is 5.11 Å². The molecule has 1 rings (SSSR count). The van der Waals surface area contributed by atoms with E-state index in [-0.39, 0.29) is 0 Å². The van der Waals surface area contributed by atoms with Crippen molar-refractivity contribution in [3.63, 3.8) is 0 Å². The van der Waals surface area contributed by atoms with Gasteiger partial charge in [0.2, 0.25) is 0 Å². The Morgan fingerprint density at radius 3 is 2.92 bits per heavy atom. The second-order valence-electron chi connectivity index (χ2n) is 3.18. The normalized spacial score (nSPS) is 10.5. The average molecular weight is 182 g/mol. The fraction of sp³-hybridized carbons (Fsp3) is 0.600. The van der Waals surface area contributed by atoms with Crippen LogP contribution >= 0.6 is 0 Å². The van der Waals surface area contributed by atoms with E-state index in [1.807, 2.05) is 12.4 Å². The van der Waals surface area contributed by atoms with Crippen molar-refractivity contribution in [1.29, 1.82) is 0 Å². The predicted octanol–water partition coefficient (Wildman–Crippen LogP) is 1.27. The molecule has 0 saturated heterocycles. The van der Waals surface area contributed by atoms with Crippen LogP contribution in [0.2, 0.25) is 0 Å². The molecule has 0 bridgehead atoms. The fourth-order valence-electron chi connectivity index (χ4n) is 1.24. The number of aliphatic hydroxyl groups is 1. The van der Waals surface area contributed by atoms with Crippen LogP contribution in [0.1, 0.15) is 24.8 Å². The fourth-order valence-corrected chi connectivity index (χ4v) is 1.24. The molecule has 0 atom stereocenters. The first-order valence-corrected chi connectivity index (χ1v) is 4.86. The lowest BCUT2D eigenvalue weighted by Gasteiger charge is -2.01. The Morgan fingerprint density at radius 1 is 1.31 bits per heavy atom. The van der Waals surface area contributed by atoms with Gasteiger partial charge in [-0.15, -0.1) is 0 Å². The molecule has 0 radical (unpaired) electrons. The predicted molar refractivity (Wildman–Crippen MR) is 53.4 cm³/mol. The van der Waals surface area contributed by atoms with Crippen LogP contribution in [0.3, 0.4) is 0 Å². The first-order valence-electron chi connectivity index (χ1n) is 4.86. The maximum absolute atomic E-state index is 8.55. The third kappa shape index (κ3) is 4.70. The van der Waals surface area contributed by atoms with Crippen LogP contribution < -0.4 is 5.32 Å². The number of aliphatic hydroxyl groups excluding tert-OH is 1. The molecule has 74 valence electrons. The molecular weight excluding hydrogens is 164 g/mol. The summed E-state index contributed by atoms with van der Waals surface area (Å²) in [6.45, 7) is 2.28. The standard InChI is InChI=1S/C10H18N2O/c13-7-3-1-2-5-11-8-10-4-6-12-9-10/h4,6,9,11-13H,1-3,5,7-8H2. The monoisotopic (exact) mass is 182 g/mol. The summed E-state index contributed by atoms with van der Waals surface area (Å²) in [4.78, 5) is 3.02. The molecule has 0 unspecified atom stereocenters. The summed E-state index contributed by atoms with van der Waals surface area (Å²) < 4.78 is 0. The summed E-state index contributed by atoms with van der Waals surface area (Å²) in [5.74, 6) is 0. The van der Waals surface area contributed by atoms with Crippen LogP contribution in [-0.4, -0.2) is 23.2 Å². The molecule has 0 spiro atoms. The van der Waals surface area contributed by atoms with E-state index < -0.39 is 0 Å². The number of hydrogen-bond donors (Lipinski definition) is 3. The molecule has 13 heavy (non-hydrogen) atoms. The first kappa shape index (κ1) is 10.3. The van der Waals surface area contributed by atoms with Gasteiger partial charge in [0, 0.05) is 25.5 Å². The second-order valence-corrected chi connectivity index (χ2v) is 3.18. The Hall–Kier alpha value is -0.800. The van der Waals surface area contributed by atoms with Gasteiger partial charge >= 0.3 is 0 Å². The van der Waals surface area contributed by atoms with Gasteiger partial charge < -0.3 is 15.4 Å². The molecule has 0 aromatic carbocycles. The molecule has 1 heterocycles. The lowest BCUT2D eigenvalue weighted by molar-refractivity contribution is 0.283. The SMILES string of the molecule is OCCCCCNCc1cc[nH]c1. The van der Waals surface area contributed by atoms with E-state index in [0.29, 0.717) is 6.61 Å². The highest BCUT2D eigenvalue weighted by Gasteiger charge is 1.91. The molecular formula is C10H18N2O. The van der Waals surface area contributed by atoms with Gasteiger partial charge in [-0.25, -0.2) is 0 Å². The lowest BCUT2D eigenvalue weighted by atomic mass is 10.2. The summed E-state index contributed by atoms with van der Waals surface area (Å²) in [5, 5.41) is 11.9. The Kier molecular flexibility index (Phi) is 5.29. The van der Waals surface area contributed by atoms with Crippen molar-refractivity contribution in [3.8, 4) is 0 Å². The van der Waals surface area contributed by atoms with Gasteiger partial charge in [0.25, 0.3) is 0 Å². The van der Waals surface area contributed by atoms with E-state index >= 15 is 0 Å². The molecule has 3 N–H and O–H groups in total. The van der Waals surface area contributed by atoms with Gasteiger partial charge in [-0.2, -0.15) is 0 Å². The zero-order valence-electron chi connectivity index (χ0n) is 7.92. The van der Waals surface area contributed by atoms with Crippen LogP contribution in [0.4, 0.5) is 0 Å². The minimum Gasteiger partial charge on any atom is -0.396 e. The highest BCUT2D eigenvalue weighted by atomic mass is 16.2. The minimum absolute atomic E-state index is 0.317. The van der Waals surface area contributed by atoms with Crippen molar-refractivity contribution in [1.82, 2.24) is 10.3 Å². The zero-order valence-corrected chi connectivity index (χ0v) is 7.92. The molecule has 3 nitrogen and oxygen atoms in total. The maximum atomic E-state index is 8.55. The average Bonchev–Trinajstić information content (AvgIpc) is 2.63. The van der Waals surface area contributed by atoms with E-state index in [2.05, 4.69) is 16.4 Å². The molecule has 0 aliphatic heterocycles. The van der Waals surface area contributed by atoms with Crippen molar-refractivity contribution in [2.75, 3.05) is 13.2 Å².